The van der Waals surface area contributed by atoms with Crippen LogP contribution in [0.4, 0.5) is 5.69 Å². The third-order valence-corrected chi connectivity index (χ3v) is 2.40. The normalized spacial score (nSPS) is 11.5. The van der Waals surface area contributed by atoms with Crippen molar-refractivity contribution in [3.05, 3.63) is 29.8 Å². The minimum absolute atomic E-state index is 0.213. The lowest BCUT2D eigenvalue weighted by molar-refractivity contribution is -0.152. The number of hydrogen-bond acceptors (Lipinski definition) is 4. The zero-order valence-corrected chi connectivity index (χ0v) is 10.8. The van der Waals surface area contributed by atoms with Gasteiger partial charge in [-0.3, -0.25) is 14.4 Å². The zero-order valence-electron chi connectivity index (χ0n) is 10.8. The highest BCUT2D eigenvalue weighted by atomic mass is 16.5. The summed E-state index contributed by atoms with van der Waals surface area (Å²) < 4.78 is 4.87. The van der Waals surface area contributed by atoms with Crippen LogP contribution in [0.5, 0.6) is 0 Å². The molecule has 102 valence electrons. The predicted octanol–water partition coefficient (Wildman–Crippen LogP) is 1.07. The smallest absolute Gasteiger partial charge is 0.306 e. The van der Waals surface area contributed by atoms with E-state index < -0.39 is 23.9 Å². The van der Waals surface area contributed by atoms with E-state index >= 15 is 0 Å². The number of nitrogens with two attached hydrogens (primary N) is 1. The molecular formula is C13H16N2O4. The van der Waals surface area contributed by atoms with Crippen molar-refractivity contribution in [3.8, 4) is 0 Å². The molecule has 0 aliphatic carbocycles. The quantitative estimate of drug-likeness (QED) is 0.777. The van der Waals surface area contributed by atoms with Crippen molar-refractivity contribution in [2.45, 2.75) is 26.4 Å². The molecule has 6 heteroatoms. The fraction of sp³-hybridized carbons (Fsp3) is 0.308. The van der Waals surface area contributed by atoms with Gasteiger partial charge in [-0.2, -0.15) is 0 Å². The number of amides is 2. The van der Waals surface area contributed by atoms with Crippen LogP contribution in [0.25, 0.3) is 0 Å². The summed E-state index contributed by atoms with van der Waals surface area (Å²) in [6, 6.07) is 6.10. The number of primary amides is 1. The van der Waals surface area contributed by atoms with Gasteiger partial charge in [0.25, 0.3) is 5.91 Å². The highest BCUT2D eigenvalue weighted by Gasteiger charge is 2.16. The average molecular weight is 264 g/mol. The third-order valence-electron chi connectivity index (χ3n) is 2.40. The van der Waals surface area contributed by atoms with E-state index in [9.17, 15) is 14.4 Å². The van der Waals surface area contributed by atoms with E-state index in [1.807, 2.05) is 0 Å². The Balaban J connectivity index is 2.61. The lowest BCUT2D eigenvalue weighted by Crippen LogP contribution is -2.29. The number of benzene rings is 1. The predicted molar refractivity (Wildman–Crippen MR) is 69.4 cm³/mol. The Hall–Kier alpha value is -2.37. The number of ether oxygens (including phenoxy) is 1. The van der Waals surface area contributed by atoms with Gasteiger partial charge in [0.1, 0.15) is 0 Å². The summed E-state index contributed by atoms with van der Waals surface area (Å²) in [4.78, 5) is 33.6. The monoisotopic (exact) mass is 264 g/mol. The van der Waals surface area contributed by atoms with Crippen molar-refractivity contribution in [1.82, 2.24) is 0 Å². The maximum atomic E-state index is 11.7. The number of rotatable bonds is 5. The molecule has 1 aromatic carbocycles. The summed E-state index contributed by atoms with van der Waals surface area (Å²) in [6.07, 6.45) is -0.659. The molecule has 1 rings (SSSR count). The van der Waals surface area contributed by atoms with Gasteiger partial charge in [-0.05, 0) is 31.2 Å². The first kappa shape index (κ1) is 14.7. The second kappa shape index (κ2) is 6.53. The summed E-state index contributed by atoms with van der Waals surface area (Å²) in [5, 5.41) is 2.57. The molecule has 0 spiro atoms. The molecule has 0 saturated heterocycles. The Labute approximate surface area is 110 Å². The van der Waals surface area contributed by atoms with Gasteiger partial charge in [-0.1, -0.05) is 6.92 Å². The summed E-state index contributed by atoms with van der Waals surface area (Å²) in [5.74, 6) is -1.41. The van der Waals surface area contributed by atoms with Crippen molar-refractivity contribution in [2.24, 2.45) is 5.73 Å². The first-order valence-electron chi connectivity index (χ1n) is 5.84. The number of esters is 1. The number of nitrogens with one attached hydrogen (secondary N) is 1. The first-order chi connectivity index (χ1) is 8.93. The summed E-state index contributed by atoms with van der Waals surface area (Å²) in [5.41, 5.74) is 5.94. The van der Waals surface area contributed by atoms with Crippen LogP contribution >= 0.6 is 0 Å². The lowest BCUT2D eigenvalue weighted by Gasteiger charge is -2.13. The molecule has 6 nitrogen and oxygen atoms in total. The van der Waals surface area contributed by atoms with Gasteiger partial charge < -0.3 is 15.8 Å². The standard InChI is InChI=1S/C13H16N2O4/c1-3-11(16)19-8(2)13(18)15-10-6-4-9(5-7-10)12(14)17/h4-8H,3H2,1-2H3,(H2,14,17)(H,15,18). The van der Waals surface area contributed by atoms with E-state index in [1.54, 1.807) is 19.1 Å². The number of hydrogen-bond donors (Lipinski definition) is 2. The average Bonchev–Trinajstić information content (AvgIpc) is 2.38. The molecule has 0 heterocycles. The summed E-state index contributed by atoms with van der Waals surface area (Å²) in [7, 11) is 0. The highest BCUT2D eigenvalue weighted by molar-refractivity contribution is 5.96. The number of carbonyl (C=O) groups excluding carboxylic acids is 3. The SMILES string of the molecule is CCC(=O)OC(C)C(=O)Nc1ccc(C(N)=O)cc1. The van der Waals surface area contributed by atoms with E-state index in [4.69, 9.17) is 10.5 Å². The van der Waals surface area contributed by atoms with Crippen molar-refractivity contribution in [3.63, 3.8) is 0 Å². The van der Waals surface area contributed by atoms with Gasteiger partial charge in [0, 0.05) is 17.7 Å². The van der Waals surface area contributed by atoms with Crippen LogP contribution in [0.2, 0.25) is 0 Å². The molecule has 0 radical (unpaired) electrons. The lowest BCUT2D eigenvalue weighted by atomic mass is 10.2. The fourth-order valence-corrected chi connectivity index (χ4v) is 1.30. The molecule has 0 bridgehead atoms. The van der Waals surface area contributed by atoms with Crippen LogP contribution in [0, 0.1) is 0 Å². The van der Waals surface area contributed by atoms with E-state index in [1.165, 1.54) is 19.1 Å². The Kier molecular flexibility index (Phi) is 5.05. The van der Waals surface area contributed by atoms with Crippen LogP contribution < -0.4 is 11.1 Å². The molecular weight excluding hydrogens is 248 g/mol. The minimum Gasteiger partial charge on any atom is -0.453 e. The first-order valence-corrected chi connectivity index (χ1v) is 5.84. The van der Waals surface area contributed by atoms with Gasteiger partial charge in [-0.15, -0.1) is 0 Å². The molecule has 1 atom stereocenters. The molecule has 0 fully saturated rings. The Morgan fingerprint density at radius 1 is 1.26 bits per heavy atom. The van der Waals surface area contributed by atoms with E-state index in [2.05, 4.69) is 5.32 Å². The van der Waals surface area contributed by atoms with Gasteiger partial charge >= 0.3 is 5.97 Å². The molecule has 19 heavy (non-hydrogen) atoms. The van der Waals surface area contributed by atoms with Crippen LogP contribution in [0.1, 0.15) is 30.6 Å². The zero-order chi connectivity index (χ0) is 14.4. The van der Waals surface area contributed by atoms with Crippen LogP contribution in [-0.4, -0.2) is 23.9 Å². The Morgan fingerprint density at radius 3 is 2.32 bits per heavy atom. The number of anilines is 1. The third kappa shape index (κ3) is 4.42. The van der Waals surface area contributed by atoms with Crippen molar-refractivity contribution < 1.29 is 19.1 Å². The van der Waals surface area contributed by atoms with Crippen molar-refractivity contribution >= 4 is 23.5 Å². The van der Waals surface area contributed by atoms with Crippen molar-refractivity contribution in [2.75, 3.05) is 5.32 Å². The highest BCUT2D eigenvalue weighted by Crippen LogP contribution is 2.10. The van der Waals surface area contributed by atoms with E-state index in [0.717, 1.165) is 0 Å². The second-order valence-corrected chi connectivity index (χ2v) is 3.92. The molecule has 0 aliphatic heterocycles. The van der Waals surface area contributed by atoms with Crippen LogP contribution in [0.3, 0.4) is 0 Å². The van der Waals surface area contributed by atoms with Crippen LogP contribution in [-0.2, 0) is 14.3 Å². The largest absolute Gasteiger partial charge is 0.453 e. The Morgan fingerprint density at radius 2 is 1.84 bits per heavy atom. The fourth-order valence-electron chi connectivity index (χ4n) is 1.30. The molecule has 1 unspecified atom stereocenters. The number of carbonyl (C=O) groups is 3. The molecule has 0 aliphatic rings. The molecule has 1 aromatic rings. The van der Waals surface area contributed by atoms with E-state index in [0.29, 0.717) is 11.3 Å². The summed E-state index contributed by atoms with van der Waals surface area (Å²) in [6.45, 7) is 3.14. The van der Waals surface area contributed by atoms with Crippen LogP contribution in [0.15, 0.2) is 24.3 Å². The topological polar surface area (TPSA) is 98.5 Å². The molecule has 2 amide bonds. The minimum atomic E-state index is -0.872. The van der Waals surface area contributed by atoms with Crippen molar-refractivity contribution in [1.29, 1.82) is 0 Å². The maximum Gasteiger partial charge on any atom is 0.306 e. The van der Waals surface area contributed by atoms with E-state index in [-0.39, 0.29) is 6.42 Å². The van der Waals surface area contributed by atoms with Gasteiger partial charge in [0.15, 0.2) is 6.10 Å². The molecule has 0 saturated carbocycles. The van der Waals surface area contributed by atoms with Gasteiger partial charge in [0.2, 0.25) is 5.91 Å². The molecule has 3 N–H and O–H groups in total. The second-order valence-electron chi connectivity index (χ2n) is 3.92. The summed E-state index contributed by atoms with van der Waals surface area (Å²) >= 11 is 0. The van der Waals surface area contributed by atoms with Gasteiger partial charge in [-0.25, -0.2) is 0 Å². The molecule has 0 aromatic heterocycles. The maximum absolute atomic E-state index is 11.7. The Bertz CT molecular complexity index is 482. The van der Waals surface area contributed by atoms with Gasteiger partial charge in [0.05, 0.1) is 0 Å².